The van der Waals surface area contributed by atoms with Crippen LogP contribution in [0.3, 0.4) is 0 Å². The van der Waals surface area contributed by atoms with Crippen molar-refractivity contribution < 1.29 is 22.8 Å². The van der Waals surface area contributed by atoms with Gasteiger partial charge in [0.1, 0.15) is 0 Å². The van der Waals surface area contributed by atoms with E-state index in [1.54, 1.807) is 0 Å². The van der Waals surface area contributed by atoms with Crippen LogP contribution in [0.5, 0.6) is 0 Å². The minimum atomic E-state index is -4.44. The predicted molar refractivity (Wildman–Crippen MR) is 79.0 cm³/mol. The fraction of sp³-hybridized carbons (Fsp3) is 0.0667. The highest BCUT2D eigenvalue weighted by Gasteiger charge is 2.30. The maximum Gasteiger partial charge on any atom is 0.416 e. The number of amides is 1. The molecule has 1 aromatic carbocycles. The Labute approximate surface area is 128 Å². The Morgan fingerprint density at radius 1 is 1.27 bits per heavy atom. The molecule has 0 unspecified atom stereocenters. The van der Waals surface area contributed by atoms with Crippen LogP contribution in [-0.4, -0.2) is 12.2 Å². The zero-order valence-electron chi connectivity index (χ0n) is 11.1. The molecule has 7 heteroatoms. The summed E-state index contributed by atoms with van der Waals surface area (Å²) in [6.07, 6.45) is -2.86. The molecule has 0 saturated carbocycles. The van der Waals surface area contributed by atoms with E-state index in [1.165, 1.54) is 18.2 Å². The van der Waals surface area contributed by atoms with E-state index in [4.69, 9.17) is 0 Å². The Balaban J connectivity index is 2.43. The van der Waals surface area contributed by atoms with Crippen molar-refractivity contribution in [2.75, 3.05) is 5.32 Å². The first-order valence-corrected chi connectivity index (χ1v) is 6.87. The maximum atomic E-state index is 12.7. The number of rotatable bonds is 4. The lowest BCUT2D eigenvalue weighted by atomic mass is 10.1. The molecule has 0 aliphatic rings. The predicted octanol–water partition coefficient (Wildman–Crippen LogP) is 4.37. The number of nitrogens with one attached hydrogen (secondary N) is 1. The van der Waals surface area contributed by atoms with Crippen LogP contribution in [0.25, 0.3) is 10.4 Å². The second-order valence-electron chi connectivity index (χ2n) is 4.28. The first-order valence-electron chi connectivity index (χ1n) is 6.05. The van der Waals surface area contributed by atoms with Gasteiger partial charge in [-0.2, -0.15) is 13.2 Å². The van der Waals surface area contributed by atoms with Crippen LogP contribution in [-0.2, 0) is 11.0 Å². The Hall–Kier alpha value is -2.41. The van der Waals surface area contributed by atoms with Crippen molar-refractivity contribution in [1.82, 2.24) is 0 Å². The van der Waals surface area contributed by atoms with Gasteiger partial charge in [-0.25, -0.2) is 0 Å². The van der Waals surface area contributed by atoms with E-state index in [9.17, 15) is 22.8 Å². The lowest BCUT2D eigenvalue weighted by molar-refractivity contribution is -0.137. The summed E-state index contributed by atoms with van der Waals surface area (Å²) < 4.78 is 38.2. The van der Waals surface area contributed by atoms with Crippen molar-refractivity contribution in [2.45, 2.75) is 6.18 Å². The quantitative estimate of drug-likeness (QED) is 0.670. The topological polar surface area (TPSA) is 46.2 Å². The van der Waals surface area contributed by atoms with Crippen LogP contribution in [0.15, 0.2) is 43.0 Å². The molecule has 3 nitrogen and oxygen atoms in total. The number of aldehydes is 1. The first kappa shape index (κ1) is 16.0. The number of anilines is 1. The van der Waals surface area contributed by atoms with Gasteiger partial charge in [-0.3, -0.25) is 9.59 Å². The molecule has 1 aromatic heterocycles. The number of hydrogen-bond donors (Lipinski definition) is 1. The van der Waals surface area contributed by atoms with Gasteiger partial charge in [0, 0.05) is 4.88 Å². The molecule has 0 fully saturated rings. The Morgan fingerprint density at radius 2 is 2.00 bits per heavy atom. The van der Waals surface area contributed by atoms with Crippen molar-refractivity contribution in [2.24, 2.45) is 0 Å². The number of thiophene rings is 1. The molecule has 0 aliphatic heterocycles. The Bertz CT molecular complexity index is 735. The highest BCUT2D eigenvalue weighted by Crippen LogP contribution is 2.37. The second-order valence-corrected chi connectivity index (χ2v) is 5.36. The molecular weight excluding hydrogens is 315 g/mol. The van der Waals surface area contributed by atoms with E-state index in [0.717, 1.165) is 29.5 Å². The number of hydrogen-bond acceptors (Lipinski definition) is 3. The van der Waals surface area contributed by atoms with Crippen molar-refractivity contribution in [3.8, 4) is 10.4 Å². The van der Waals surface area contributed by atoms with Crippen molar-refractivity contribution in [3.63, 3.8) is 0 Å². The van der Waals surface area contributed by atoms with E-state index in [0.29, 0.717) is 16.7 Å². The standard InChI is InChI=1S/C15H10F3NO2S/c1-2-14(21)19-11-7-12(22-13(11)8-20)9-4-3-5-10(6-9)15(16,17)18/h2-8H,1H2,(H,19,21). The van der Waals surface area contributed by atoms with E-state index in [2.05, 4.69) is 11.9 Å². The van der Waals surface area contributed by atoms with Crippen molar-refractivity contribution >= 4 is 29.2 Å². The number of halogens is 3. The summed E-state index contributed by atoms with van der Waals surface area (Å²) in [5.74, 6) is -0.503. The number of carbonyl (C=O) groups excluding carboxylic acids is 2. The zero-order valence-corrected chi connectivity index (χ0v) is 11.9. The largest absolute Gasteiger partial charge is 0.416 e. The summed E-state index contributed by atoms with van der Waals surface area (Å²) >= 11 is 1.000. The third-order valence-corrected chi connectivity index (χ3v) is 3.90. The SMILES string of the molecule is C=CC(=O)Nc1cc(-c2cccc(C(F)(F)F)c2)sc1C=O. The summed E-state index contributed by atoms with van der Waals surface area (Å²) in [6.45, 7) is 3.29. The third kappa shape index (κ3) is 3.43. The molecule has 1 heterocycles. The average Bonchev–Trinajstić information content (AvgIpc) is 2.89. The molecule has 22 heavy (non-hydrogen) atoms. The summed E-state index contributed by atoms with van der Waals surface area (Å²) in [5, 5.41) is 2.45. The van der Waals surface area contributed by atoms with Gasteiger partial charge >= 0.3 is 6.18 Å². The molecule has 0 atom stereocenters. The van der Waals surface area contributed by atoms with Crippen LogP contribution >= 0.6 is 11.3 Å². The van der Waals surface area contributed by atoms with Gasteiger partial charge in [0.15, 0.2) is 6.29 Å². The molecule has 0 spiro atoms. The van der Waals surface area contributed by atoms with Gasteiger partial charge in [0.25, 0.3) is 0 Å². The highest BCUT2D eigenvalue weighted by molar-refractivity contribution is 7.17. The highest BCUT2D eigenvalue weighted by atomic mass is 32.1. The van der Waals surface area contributed by atoms with Crippen LogP contribution in [0.1, 0.15) is 15.2 Å². The lowest BCUT2D eigenvalue weighted by Crippen LogP contribution is -2.07. The maximum absolute atomic E-state index is 12.7. The van der Waals surface area contributed by atoms with Crippen LogP contribution in [0.2, 0.25) is 0 Å². The molecule has 2 rings (SSSR count). The fourth-order valence-corrected chi connectivity index (χ4v) is 2.69. The molecule has 1 N–H and O–H groups in total. The van der Waals surface area contributed by atoms with E-state index < -0.39 is 17.6 Å². The summed E-state index contributed by atoms with van der Waals surface area (Å²) in [7, 11) is 0. The summed E-state index contributed by atoms with van der Waals surface area (Å²) in [6, 6.07) is 6.23. The minimum Gasteiger partial charge on any atom is -0.321 e. The van der Waals surface area contributed by atoms with Gasteiger partial charge < -0.3 is 5.32 Å². The second kappa shape index (κ2) is 6.15. The van der Waals surface area contributed by atoms with E-state index in [1.807, 2.05) is 0 Å². The first-order chi connectivity index (χ1) is 10.3. The molecule has 0 bridgehead atoms. The minimum absolute atomic E-state index is 0.225. The van der Waals surface area contributed by atoms with Crippen LogP contribution < -0.4 is 5.32 Å². The molecular formula is C15H10F3NO2S. The summed E-state index contributed by atoms with van der Waals surface area (Å²) in [5.41, 5.74) is -0.206. The van der Waals surface area contributed by atoms with Crippen LogP contribution in [0.4, 0.5) is 18.9 Å². The monoisotopic (exact) mass is 325 g/mol. The molecule has 2 aromatic rings. The molecule has 0 saturated heterocycles. The van der Waals surface area contributed by atoms with Gasteiger partial charge in [0.05, 0.1) is 16.1 Å². The van der Waals surface area contributed by atoms with Crippen LogP contribution in [0, 0.1) is 0 Å². The molecule has 0 radical (unpaired) electrons. The van der Waals surface area contributed by atoms with E-state index in [-0.39, 0.29) is 10.6 Å². The van der Waals surface area contributed by atoms with Gasteiger partial charge in [-0.1, -0.05) is 18.7 Å². The molecule has 114 valence electrons. The van der Waals surface area contributed by atoms with E-state index >= 15 is 0 Å². The number of benzene rings is 1. The number of alkyl halides is 3. The lowest BCUT2D eigenvalue weighted by Gasteiger charge is -2.07. The Morgan fingerprint density at radius 3 is 2.59 bits per heavy atom. The third-order valence-electron chi connectivity index (χ3n) is 2.79. The van der Waals surface area contributed by atoms with Crippen molar-refractivity contribution in [3.05, 3.63) is 53.4 Å². The van der Waals surface area contributed by atoms with Crippen molar-refractivity contribution in [1.29, 1.82) is 0 Å². The average molecular weight is 325 g/mol. The van der Waals surface area contributed by atoms with Gasteiger partial charge in [-0.05, 0) is 29.8 Å². The normalized spacial score (nSPS) is 11.0. The summed E-state index contributed by atoms with van der Waals surface area (Å²) in [4.78, 5) is 23.0. The fourth-order valence-electron chi connectivity index (χ4n) is 1.77. The van der Waals surface area contributed by atoms with Gasteiger partial charge in [0.2, 0.25) is 5.91 Å². The molecule has 0 aliphatic carbocycles. The smallest absolute Gasteiger partial charge is 0.321 e. The van der Waals surface area contributed by atoms with Gasteiger partial charge in [-0.15, -0.1) is 11.3 Å². The number of carbonyl (C=O) groups is 2. The zero-order chi connectivity index (χ0) is 16.3. The molecule has 1 amide bonds. The Kier molecular flexibility index (Phi) is 4.46.